The summed E-state index contributed by atoms with van der Waals surface area (Å²) in [6.45, 7) is 6.08. The number of benzene rings is 1. The molecule has 1 N–H and O–H groups in total. The highest BCUT2D eigenvalue weighted by Crippen LogP contribution is 2.42. The molecule has 1 aliphatic heterocycles. The fourth-order valence-corrected chi connectivity index (χ4v) is 4.91. The summed E-state index contributed by atoms with van der Waals surface area (Å²) in [4.78, 5) is 21.5. The summed E-state index contributed by atoms with van der Waals surface area (Å²) in [5, 5.41) is 15.8. The zero-order valence-corrected chi connectivity index (χ0v) is 16.7. The van der Waals surface area contributed by atoms with Crippen LogP contribution in [0.25, 0.3) is 4.96 Å². The van der Waals surface area contributed by atoms with Gasteiger partial charge in [0.25, 0.3) is 0 Å². The van der Waals surface area contributed by atoms with Crippen molar-refractivity contribution in [3.05, 3.63) is 45.6 Å². The van der Waals surface area contributed by atoms with E-state index in [9.17, 15) is 9.90 Å². The molecule has 1 aromatic carbocycles. The predicted molar refractivity (Wildman–Crippen MR) is 104 cm³/mol. The number of amides is 1. The number of fused-ring (bicyclic) bond motifs is 1. The summed E-state index contributed by atoms with van der Waals surface area (Å²) < 4.78 is 1.48. The van der Waals surface area contributed by atoms with E-state index in [1.165, 1.54) is 15.9 Å². The Bertz CT molecular complexity index is 993. The summed E-state index contributed by atoms with van der Waals surface area (Å²) in [5.74, 6) is 0.794. The van der Waals surface area contributed by atoms with Crippen LogP contribution in [0.4, 0.5) is 0 Å². The first-order chi connectivity index (χ1) is 13.0. The fourth-order valence-electron chi connectivity index (χ4n) is 3.52. The van der Waals surface area contributed by atoms with E-state index in [1.54, 1.807) is 13.8 Å². The third-order valence-corrected chi connectivity index (χ3v) is 6.30. The minimum absolute atomic E-state index is 0.0843. The number of nitrogens with zero attached hydrogens (tertiary/aromatic N) is 5. The van der Waals surface area contributed by atoms with Crippen LogP contribution in [-0.2, 0) is 4.79 Å². The Labute approximate surface area is 165 Å². The maximum absolute atomic E-state index is 11.7. The van der Waals surface area contributed by atoms with Gasteiger partial charge in [-0.1, -0.05) is 41.1 Å². The van der Waals surface area contributed by atoms with Gasteiger partial charge < -0.3 is 10.0 Å². The Morgan fingerprint density at radius 2 is 1.96 bits per heavy atom. The number of aromatic hydroxyl groups is 1. The van der Waals surface area contributed by atoms with Gasteiger partial charge in [-0.15, -0.1) is 5.10 Å². The van der Waals surface area contributed by atoms with Crippen LogP contribution < -0.4 is 0 Å². The molecule has 27 heavy (non-hydrogen) atoms. The molecule has 9 heteroatoms. The molecule has 0 aliphatic carbocycles. The minimum atomic E-state index is -0.221. The number of piperazine rings is 1. The number of aryl methyl sites for hydroxylation is 1. The molecule has 0 radical (unpaired) electrons. The molecule has 1 fully saturated rings. The smallest absolute Gasteiger partial charge is 0.230 e. The van der Waals surface area contributed by atoms with Crippen molar-refractivity contribution in [3.8, 4) is 5.88 Å². The van der Waals surface area contributed by atoms with Gasteiger partial charge in [0.15, 0.2) is 0 Å². The molecule has 7 nitrogen and oxygen atoms in total. The van der Waals surface area contributed by atoms with Gasteiger partial charge >= 0.3 is 0 Å². The van der Waals surface area contributed by atoms with E-state index in [2.05, 4.69) is 15.0 Å². The molecule has 1 aliphatic rings. The number of carbonyl (C=O) groups is 1. The van der Waals surface area contributed by atoms with E-state index >= 15 is 0 Å². The lowest BCUT2D eigenvalue weighted by atomic mass is 10.0. The van der Waals surface area contributed by atoms with Crippen molar-refractivity contribution < 1.29 is 9.90 Å². The van der Waals surface area contributed by atoms with Crippen LogP contribution >= 0.6 is 22.9 Å². The van der Waals surface area contributed by atoms with Gasteiger partial charge in [0.2, 0.25) is 16.7 Å². The number of hydrogen-bond acceptors (Lipinski definition) is 6. The van der Waals surface area contributed by atoms with Gasteiger partial charge in [-0.05, 0) is 18.6 Å². The molecule has 142 valence electrons. The number of carbonyl (C=O) groups excluding carboxylic acids is 1. The Morgan fingerprint density at radius 3 is 2.59 bits per heavy atom. The van der Waals surface area contributed by atoms with Crippen LogP contribution in [0.2, 0.25) is 5.02 Å². The number of thiazole rings is 1. The highest BCUT2D eigenvalue weighted by atomic mass is 35.5. The van der Waals surface area contributed by atoms with E-state index in [1.807, 2.05) is 29.2 Å². The zero-order chi connectivity index (χ0) is 19.1. The van der Waals surface area contributed by atoms with Crippen molar-refractivity contribution in [3.63, 3.8) is 0 Å². The Morgan fingerprint density at radius 1 is 1.26 bits per heavy atom. The molecule has 0 bridgehead atoms. The lowest BCUT2D eigenvalue weighted by molar-refractivity contribution is -0.130. The first kappa shape index (κ1) is 18.2. The molecule has 3 aromatic rings. The van der Waals surface area contributed by atoms with Crippen molar-refractivity contribution in [2.75, 3.05) is 26.2 Å². The van der Waals surface area contributed by atoms with Crippen LogP contribution in [0.1, 0.15) is 29.2 Å². The van der Waals surface area contributed by atoms with Crippen LogP contribution in [-0.4, -0.2) is 61.6 Å². The Hall–Kier alpha value is -2.16. The fraction of sp³-hybridized carbons (Fsp3) is 0.389. The number of halogens is 1. The van der Waals surface area contributed by atoms with Gasteiger partial charge in [0, 0.05) is 38.1 Å². The Balaban J connectivity index is 1.77. The lowest BCUT2D eigenvalue weighted by Gasteiger charge is -2.39. The highest BCUT2D eigenvalue weighted by Gasteiger charge is 2.33. The summed E-state index contributed by atoms with van der Waals surface area (Å²) in [5.41, 5.74) is 0.923. The zero-order valence-electron chi connectivity index (χ0n) is 15.1. The van der Waals surface area contributed by atoms with Crippen LogP contribution in [0.5, 0.6) is 5.88 Å². The van der Waals surface area contributed by atoms with E-state index < -0.39 is 0 Å². The van der Waals surface area contributed by atoms with Crippen LogP contribution in [0.15, 0.2) is 24.3 Å². The van der Waals surface area contributed by atoms with Gasteiger partial charge in [-0.2, -0.15) is 4.52 Å². The average molecular weight is 406 g/mol. The summed E-state index contributed by atoms with van der Waals surface area (Å²) in [6.07, 6.45) is 0. The summed E-state index contributed by atoms with van der Waals surface area (Å²) in [7, 11) is 0. The SMILES string of the molecule is CC(=O)N1CCN([C@H](c2ccccc2Cl)c2sc3nc(C)nn3c2O)CC1. The minimum Gasteiger partial charge on any atom is -0.492 e. The normalized spacial score (nSPS) is 16.8. The first-order valence-corrected chi connectivity index (χ1v) is 9.94. The molecule has 1 amide bonds. The maximum Gasteiger partial charge on any atom is 0.230 e. The molecule has 1 saturated heterocycles. The quantitative estimate of drug-likeness (QED) is 0.725. The second-order valence-corrected chi connectivity index (χ2v) is 8.03. The summed E-state index contributed by atoms with van der Waals surface area (Å²) >= 11 is 7.93. The average Bonchev–Trinajstić information content (AvgIpc) is 3.15. The molecule has 3 heterocycles. The van der Waals surface area contributed by atoms with Gasteiger partial charge in [-0.25, -0.2) is 4.98 Å². The van der Waals surface area contributed by atoms with Crippen molar-refractivity contribution in [1.29, 1.82) is 0 Å². The number of rotatable bonds is 3. The standard InChI is InChI=1S/C18H20ClN5O2S/c1-11-20-18-24(21-11)17(26)16(27-18)15(13-5-3-4-6-14(13)19)23-9-7-22(8-10-23)12(2)25/h3-6,15,26H,7-10H2,1-2H3/t15-/m1/s1. The topological polar surface area (TPSA) is 74.0 Å². The molecule has 0 unspecified atom stereocenters. The van der Waals surface area contributed by atoms with Crippen molar-refractivity contribution >= 4 is 33.8 Å². The second kappa shape index (κ2) is 7.10. The third-order valence-electron chi connectivity index (χ3n) is 4.88. The Kier molecular flexibility index (Phi) is 4.79. The summed E-state index contributed by atoms with van der Waals surface area (Å²) in [6, 6.07) is 7.45. The van der Waals surface area contributed by atoms with Crippen LogP contribution in [0.3, 0.4) is 0 Å². The van der Waals surface area contributed by atoms with E-state index in [4.69, 9.17) is 11.6 Å². The lowest BCUT2D eigenvalue weighted by Crippen LogP contribution is -2.49. The largest absolute Gasteiger partial charge is 0.492 e. The molecular weight excluding hydrogens is 386 g/mol. The molecule has 2 aromatic heterocycles. The second-order valence-electron chi connectivity index (χ2n) is 6.61. The van der Waals surface area contributed by atoms with Gasteiger partial charge in [0.05, 0.1) is 10.9 Å². The number of aromatic nitrogens is 3. The molecule has 1 atom stereocenters. The van der Waals surface area contributed by atoms with Crippen molar-refractivity contribution in [2.24, 2.45) is 0 Å². The number of hydrogen-bond donors (Lipinski definition) is 1. The van der Waals surface area contributed by atoms with E-state index in [0.29, 0.717) is 42.0 Å². The predicted octanol–water partition coefficient (Wildman–Crippen LogP) is 2.71. The van der Waals surface area contributed by atoms with E-state index in [0.717, 1.165) is 10.4 Å². The third kappa shape index (κ3) is 3.28. The molecule has 0 saturated carbocycles. The molecular formula is C18H20ClN5O2S. The monoisotopic (exact) mass is 405 g/mol. The van der Waals surface area contributed by atoms with Gasteiger partial charge in [-0.3, -0.25) is 9.69 Å². The van der Waals surface area contributed by atoms with Crippen LogP contribution in [0, 0.1) is 6.92 Å². The highest BCUT2D eigenvalue weighted by molar-refractivity contribution is 7.17. The maximum atomic E-state index is 11.7. The van der Waals surface area contributed by atoms with Crippen molar-refractivity contribution in [2.45, 2.75) is 19.9 Å². The molecule has 0 spiro atoms. The van der Waals surface area contributed by atoms with E-state index in [-0.39, 0.29) is 17.8 Å². The van der Waals surface area contributed by atoms with Gasteiger partial charge in [0.1, 0.15) is 5.82 Å². The molecule has 4 rings (SSSR count). The first-order valence-electron chi connectivity index (χ1n) is 8.74. The van der Waals surface area contributed by atoms with Crippen molar-refractivity contribution in [1.82, 2.24) is 24.4 Å².